The first-order valence-electron chi connectivity index (χ1n) is 11.5. The number of benzene rings is 2. The van der Waals surface area contributed by atoms with Crippen molar-refractivity contribution in [3.63, 3.8) is 0 Å². The summed E-state index contributed by atoms with van der Waals surface area (Å²) >= 11 is 6.09. The monoisotopic (exact) mass is 472 g/mol. The lowest BCUT2D eigenvalue weighted by Gasteiger charge is -2.25. The molecule has 2 aromatic carbocycles. The quantitative estimate of drug-likeness (QED) is 0.619. The van der Waals surface area contributed by atoms with Crippen molar-refractivity contribution in [2.45, 2.75) is 18.9 Å². The van der Waals surface area contributed by atoms with Crippen LogP contribution in [0.5, 0.6) is 0 Å². The van der Waals surface area contributed by atoms with Crippen LogP contribution in [0.2, 0.25) is 5.02 Å². The Morgan fingerprint density at radius 2 is 1.76 bits per heavy atom. The van der Waals surface area contributed by atoms with Gasteiger partial charge in [-0.15, -0.1) is 0 Å². The molecule has 8 heteroatoms. The summed E-state index contributed by atoms with van der Waals surface area (Å²) in [5.74, 6) is -0.214. The number of nitrogens with one attached hydrogen (secondary N) is 1. The molecule has 2 amide bonds. The second-order valence-electron chi connectivity index (χ2n) is 8.94. The topological polar surface area (TPSA) is 78.7 Å². The predicted octanol–water partition coefficient (Wildman–Crippen LogP) is 3.08. The minimum Gasteiger partial charge on any atom is -0.349 e. The minimum absolute atomic E-state index is 0.0325. The fourth-order valence-electron chi connectivity index (χ4n) is 5.02. The van der Waals surface area contributed by atoms with Gasteiger partial charge in [-0.25, -0.2) is 4.39 Å². The Labute approximate surface area is 198 Å². The number of fused-ring (bicyclic) bond motifs is 1. The number of halogens is 2. The molecule has 0 aliphatic carbocycles. The molecule has 2 saturated heterocycles. The van der Waals surface area contributed by atoms with E-state index in [1.54, 1.807) is 11.0 Å². The van der Waals surface area contributed by atoms with Gasteiger partial charge in [-0.05, 0) is 36.0 Å². The Balaban J connectivity index is 1.33. The van der Waals surface area contributed by atoms with E-state index >= 15 is 0 Å². The van der Waals surface area contributed by atoms with Gasteiger partial charge in [-0.1, -0.05) is 48.0 Å². The number of carbonyl (C=O) groups is 2. The van der Waals surface area contributed by atoms with Gasteiger partial charge in [-0.2, -0.15) is 0 Å². The number of hydrogen-bond acceptors (Lipinski definition) is 4. The van der Waals surface area contributed by atoms with Crippen LogP contribution in [-0.4, -0.2) is 60.9 Å². The molecule has 3 unspecified atom stereocenters. The van der Waals surface area contributed by atoms with Crippen molar-refractivity contribution < 1.29 is 14.0 Å². The molecule has 0 aromatic heterocycles. The number of carbonyl (C=O) groups excluding carboxylic acids is 2. The molecular formula is C25H30ClFN4O2. The van der Waals surface area contributed by atoms with Crippen LogP contribution in [0.1, 0.15) is 34.8 Å². The molecule has 0 radical (unpaired) electrons. The second-order valence-corrected chi connectivity index (χ2v) is 9.35. The van der Waals surface area contributed by atoms with Crippen molar-refractivity contribution >= 4 is 23.4 Å². The Morgan fingerprint density at radius 1 is 1.06 bits per heavy atom. The summed E-state index contributed by atoms with van der Waals surface area (Å²) in [5, 5.41) is 3.27. The van der Waals surface area contributed by atoms with Crippen molar-refractivity contribution in [1.82, 2.24) is 15.1 Å². The number of rotatable bonds is 8. The smallest absolute Gasteiger partial charge is 0.258 e. The average molecular weight is 473 g/mol. The molecule has 2 aliphatic rings. The van der Waals surface area contributed by atoms with Crippen LogP contribution in [0.25, 0.3) is 0 Å². The lowest BCUT2D eigenvalue weighted by Crippen LogP contribution is -2.36. The summed E-state index contributed by atoms with van der Waals surface area (Å²) in [6.07, 6.45) is 1.11. The van der Waals surface area contributed by atoms with Crippen molar-refractivity contribution in [3.05, 3.63) is 70.5 Å². The van der Waals surface area contributed by atoms with Gasteiger partial charge in [0.05, 0.1) is 16.6 Å². The van der Waals surface area contributed by atoms with Crippen LogP contribution >= 0.6 is 11.6 Å². The van der Waals surface area contributed by atoms with Crippen LogP contribution in [0, 0.1) is 17.7 Å². The highest BCUT2D eigenvalue weighted by Gasteiger charge is 2.42. The highest BCUT2D eigenvalue weighted by molar-refractivity contribution is 6.33. The summed E-state index contributed by atoms with van der Waals surface area (Å²) in [4.78, 5) is 29.2. The molecule has 2 fully saturated rings. The standard InChI is InChI=1S/C25H30ClFN4O2/c26-20-7-4-8-21(27)24(20)25(33)31-15-18-13-30(14-19(18)16-31)12-10-22(29-23(32)9-11-28)17-5-2-1-3-6-17/h1-8,18-19,22H,9-16,28H2,(H,29,32). The lowest BCUT2D eigenvalue weighted by atomic mass is 10.0. The van der Waals surface area contributed by atoms with Gasteiger partial charge in [0.15, 0.2) is 0 Å². The van der Waals surface area contributed by atoms with E-state index in [9.17, 15) is 14.0 Å². The van der Waals surface area contributed by atoms with Gasteiger partial charge >= 0.3 is 0 Å². The molecule has 0 saturated carbocycles. The fourth-order valence-corrected chi connectivity index (χ4v) is 5.26. The maximum atomic E-state index is 14.2. The van der Waals surface area contributed by atoms with Gasteiger partial charge in [0.25, 0.3) is 5.91 Å². The molecule has 2 aliphatic heterocycles. The van der Waals surface area contributed by atoms with E-state index in [0.29, 0.717) is 37.9 Å². The van der Waals surface area contributed by atoms with Crippen LogP contribution in [-0.2, 0) is 4.79 Å². The molecule has 2 aromatic rings. The zero-order valence-corrected chi connectivity index (χ0v) is 19.3. The Kier molecular flexibility index (Phi) is 7.63. The number of hydrogen-bond donors (Lipinski definition) is 2. The predicted molar refractivity (Wildman–Crippen MR) is 126 cm³/mol. The second kappa shape index (κ2) is 10.6. The van der Waals surface area contributed by atoms with Crippen LogP contribution in [0.15, 0.2) is 48.5 Å². The van der Waals surface area contributed by atoms with Gasteiger partial charge in [-0.3, -0.25) is 9.59 Å². The summed E-state index contributed by atoms with van der Waals surface area (Å²) in [6, 6.07) is 14.2. The normalized spacial score (nSPS) is 21.1. The molecule has 33 heavy (non-hydrogen) atoms. The zero-order valence-electron chi connectivity index (χ0n) is 18.6. The largest absolute Gasteiger partial charge is 0.349 e. The van der Waals surface area contributed by atoms with E-state index in [2.05, 4.69) is 10.2 Å². The molecule has 0 spiro atoms. The zero-order chi connectivity index (χ0) is 23.4. The van der Waals surface area contributed by atoms with E-state index in [0.717, 1.165) is 31.6 Å². The Hall–Kier alpha value is -2.48. The average Bonchev–Trinajstić information content (AvgIpc) is 3.36. The SMILES string of the molecule is NCCC(=O)NC(CCN1CC2CN(C(=O)c3c(F)cccc3Cl)CC2C1)c1ccccc1. The molecule has 0 bridgehead atoms. The van der Waals surface area contributed by atoms with E-state index in [1.165, 1.54) is 12.1 Å². The van der Waals surface area contributed by atoms with Crippen molar-refractivity contribution in [2.75, 3.05) is 39.3 Å². The fraction of sp³-hybridized carbons (Fsp3) is 0.440. The van der Waals surface area contributed by atoms with E-state index < -0.39 is 5.82 Å². The number of amides is 2. The van der Waals surface area contributed by atoms with E-state index in [1.807, 2.05) is 30.3 Å². The molecule has 3 N–H and O–H groups in total. The molecule has 2 heterocycles. The third kappa shape index (κ3) is 5.54. The third-order valence-corrected chi connectivity index (χ3v) is 6.98. The van der Waals surface area contributed by atoms with Crippen molar-refractivity contribution in [2.24, 2.45) is 17.6 Å². The van der Waals surface area contributed by atoms with Crippen molar-refractivity contribution in [1.29, 1.82) is 0 Å². The van der Waals surface area contributed by atoms with Crippen molar-refractivity contribution in [3.8, 4) is 0 Å². The van der Waals surface area contributed by atoms with Gasteiger partial charge in [0, 0.05) is 45.7 Å². The summed E-state index contributed by atoms with van der Waals surface area (Å²) < 4.78 is 14.2. The number of likely N-dealkylation sites (tertiary alicyclic amines) is 2. The van der Waals surface area contributed by atoms with E-state index in [-0.39, 0.29) is 28.4 Å². The first-order valence-corrected chi connectivity index (χ1v) is 11.8. The van der Waals surface area contributed by atoms with Gasteiger partial charge < -0.3 is 20.9 Å². The van der Waals surface area contributed by atoms with Crippen LogP contribution < -0.4 is 11.1 Å². The first-order chi connectivity index (χ1) is 16.0. The van der Waals surface area contributed by atoms with Gasteiger partial charge in [0.2, 0.25) is 5.91 Å². The third-order valence-electron chi connectivity index (χ3n) is 6.67. The minimum atomic E-state index is -0.574. The molecule has 3 atom stereocenters. The number of nitrogens with zero attached hydrogens (tertiary/aromatic N) is 2. The maximum absolute atomic E-state index is 14.2. The van der Waals surface area contributed by atoms with Crippen LogP contribution in [0.3, 0.4) is 0 Å². The lowest BCUT2D eigenvalue weighted by molar-refractivity contribution is -0.121. The van der Waals surface area contributed by atoms with E-state index in [4.69, 9.17) is 17.3 Å². The first kappa shape index (κ1) is 23.7. The number of nitrogens with two attached hydrogens (primary N) is 1. The summed E-state index contributed by atoms with van der Waals surface area (Å²) in [5.41, 5.74) is 6.58. The molecule has 6 nitrogen and oxygen atoms in total. The molecule has 176 valence electrons. The maximum Gasteiger partial charge on any atom is 0.258 e. The molecular weight excluding hydrogens is 443 g/mol. The highest BCUT2D eigenvalue weighted by Crippen LogP contribution is 2.33. The summed E-state index contributed by atoms with van der Waals surface area (Å²) in [7, 11) is 0. The Bertz CT molecular complexity index is 955. The van der Waals surface area contributed by atoms with Gasteiger partial charge in [0.1, 0.15) is 5.82 Å². The van der Waals surface area contributed by atoms with Crippen LogP contribution in [0.4, 0.5) is 4.39 Å². The molecule has 4 rings (SSSR count). The summed E-state index contributed by atoms with van der Waals surface area (Å²) in [6.45, 7) is 4.17. The Morgan fingerprint density at radius 3 is 2.39 bits per heavy atom. The highest BCUT2D eigenvalue weighted by atomic mass is 35.5.